The lowest BCUT2D eigenvalue weighted by atomic mass is 10.1. The SMILES string of the molecule is CN(Cc1ccccc1[N+](=O)[O-])C(=O)C(N)CC(N)=O. The smallest absolute Gasteiger partial charge is 0.274 e. The predicted molar refractivity (Wildman–Crippen MR) is 71.4 cm³/mol. The zero-order valence-corrected chi connectivity index (χ0v) is 11.0. The first-order chi connectivity index (χ1) is 9.32. The van der Waals surface area contributed by atoms with Crippen molar-refractivity contribution >= 4 is 17.5 Å². The molecule has 0 saturated carbocycles. The van der Waals surface area contributed by atoms with Crippen LogP contribution >= 0.6 is 0 Å². The first-order valence-electron chi connectivity index (χ1n) is 5.84. The van der Waals surface area contributed by atoms with E-state index in [1.54, 1.807) is 18.2 Å². The number of benzene rings is 1. The Labute approximate surface area is 115 Å². The Bertz CT molecular complexity index is 532. The van der Waals surface area contributed by atoms with E-state index in [9.17, 15) is 19.7 Å². The van der Waals surface area contributed by atoms with Crippen molar-refractivity contribution in [3.05, 3.63) is 39.9 Å². The third-order valence-electron chi connectivity index (χ3n) is 2.71. The highest BCUT2D eigenvalue weighted by Crippen LogP contribution is 2.19. The molecule has 0 bridgehead atoms. The van der Waals surface area contributed by atoms with Crippen LogP contribution in [0.4, 0.5) is 5.69 Å². The number of hydrogen-bond donors (Lipinski definition) is 2. The molecule has 0 heterocycles. The van der Waals surface area contributed by atoms with Gasteiger partial charge in [-0.05, 0) is 0 Å². The molecule has 0 spiro atoms. The summed E-state index contributed by atoms with van der Waals surface area (Å²) in [5, 5.41) is 10.9. The van der Waals surface area contributed by atoms with Crippen LogP contribution in [-0.2, 0) is 16.1 Å². The molecule has 0 radical (unpaired) electrons. The van der Waals surface area contributed by atoms with E-state index >= 15 is 0 Å². The van der Waals surface area contributed by atoms with Crippen molar-refractivity contribution in [3.63, 3.8) is 0 Å². The number of nitrogens with two attached hydrogens (primary N) is 2. The Kier molecular flexibility index (Phi) is 5.15. The average Bonchev–Trinajstić information content (AvgIpc) is 2.37. The number of carbonyl (C=O) groups is 2. The average molecular weight is 280 g/mol. The summed E-state index contributed by atoms with van der Waals surface area (Å²) in [5.74, 6) is -1.17. The second-order valence-corrected chi connectivity index (χ2v) is 4.36. The van der Waals surface area contributed by atoms with Gasteiger partial charge in [0, 0.05) is 18.7 Å². The Hall–Kier alpha value is -2.48. The van der Waals surface area contributed by atoms with E-state index in [0.717, 1.165) is 0 Å². The monoisotopic (exact) mass is 280 g/mol. The van der Waals surface area contributed by atoms with Gasteiger partial charge in [0.05, 0.1) is 23.9 Å². The van der Waals surface area contributed by atoms with Crippen LogP contribution in [0, 0.1) is 10.1 Å². The summed E-state index contributed by atoms with van der Waals surface area (Å²) in [6, 6.07) is 5.06. The summed E-state index contributed by atoms with van der Waals surface area (Å²) < 4.78 is 0. The summed E-state index contributed by atoms with van der Waals surface area (Å²) in [6.45, 7) is 0.0302. The molecule has 1 unspecified atom stereocenters. The van der Waals surface area contributed by atoms with Crippen LogP contribution in [0.1, 0.15) is 12.0 Å². The number of carbonyl (C=O) groups excluding carboxylic acids is 2. The van der Waals surface area contributed by atoms with E-state index in [0.29, 0.717) is 5.56 Å². The van der Waals surface area contributed by atoms with E-state index in [2.05, 4.69) is 0 Å². The Morgan fingerprint density at radius 3 is 2.55 bits per heavy atom. The molecule has 108 valence electrons. The van der Waals surface area contributed by atoms with Gasteiger partial charge in [-0.15, -0.1) is 0 Å². The van der Waals surface area contributed by atoms with Gasteiger partial charge in [0.2, 0.25) is 11.8 Å². The second-order valence-electron chi connectivity index (χ2n) is 4.36. The zero-order chi connectivity index (χ0) is 15.3. The van der Waals surface area contributed by atoms with E-state index in [1.807, 2.05) is 0 Å². The lowest BCUT2D eigenvalue weighted by Crippen LogP contribution is -2.43. The van der Waals surface area contributed by atoms with E-state index in [1.165, 1.54) is 18.0 Å². The summed E-state index contributed by atoms with van der Waals surface area (Å²) in [5.41, 5.74) is 10.8. The minimum absolute atomic E-state index is 0.0302. The molecule has 1 atom stereocenters. The molecule has 0 aliphatic carbocycles. The molecule has 8 heteroatoms. The van der Waals surface area contributed by atoms with Gasteiger partial charge in [0.1, 0.15) is 0 Å². The molecule has 1 aromatic carbocycles. The molecule has 1 aromatic rings. The fraction of sp³-hybridized carbons (Fsp3) is 0.333. The molecule has 4 N–H and O–H groups in total. The molecule has 8 nitrogen and oxygen atoms in total. The topological polar surface area (TPSA) is 133 Å². The molecule has 0 fully saturated rings. The second kappa shape index (κ2) is 6.62. The Morgan fingerprint density at radius 2 is 2.00 bits per heavy atom. The van der Waals surface area contributed by atoms with Gasteiger partial charge in [-0.1, -0.05) is 18.2 Å². The maximum atomic E-state index is 11.9. The van der Waals surface area contributed by atoms with Crippen molar-refractivity contribution in [1.29, 1.82) is 0 Å². The number of nitro benzene ring substituents is 1. The molecule has 0 aliphatic rings. The minimum Gasteiger partial charge on any atom is -0.370 e. The molecule has 2 amide bonds. The van der Waals surface area contributed by atoms with Gasteiger partial charge >= 0.3 is 0 Å². The fourth-order valence-corrected chi connectivity index (χ4v) is 1.74. The molecule has 0 aliphatic heterocycles. The number of likely N-dealkylation sites (N-methyl/N-ethyl adjacent to an activating group) is 1. The third kappa shape index (κ3) is 4.02. The lowest BCUT2D eigenvalue weighted by Gasteiger charge is -2.20. The number of para-hydroxylation sites is 1. The van der Waals surface area contributed by atoms with Gasteiger partial charge < -0.3 is 16.4 Å². The van der Waals surface area contributed by atoms with Crippen molar-refractivity contribution in [2.45, 2.75) is 19.0 Å². The summed E-state index contributed by atoms with van der Waals surface area (Å²) >= 11 is 0. The predicted octanol–water partition coefficient (Wildman–Crippen LogP) is -0.244. The van der Waals surface area contributed by atoms with Crippen molar-refractivity contribution in [3.8, 4) is 0 Å². The van der Waals surface area contributed by atoms with Crippen molar-refractivity contribution < 1.29 is 14.5 Å². The van der Waals surface area contributed by atoms with E-state index in [-0.39, 0.29) is 18.7 Å². The number of nitrogens with zero attached hydrogens (tertiary/aromatic N) is 2. The van der Waals surface area contributed by atoms with Crippen molar-refractivity contribution in [2.75, 3.05) is 7.05 Å². The zero-order valence-electron chi connectivity index (χ0n) is 11.0. The maximum absolute atomic E-state index is 11.9. The van der Waals surface area contributed by atoms with Crippen LogP contribution in [0.25, 0.3) is 0 Å². The van der Waals surface area contributed by atoms with Crippen LogP contribution < -0.4 is 11.5 Å². The van der Waals surface area contributed by atoms with E-state index in [4.69, 9.17) is 11.5 Å². The summed E-state index contributed by atoms with van der Waals surface area (Å²) in [7, 11) is 1.46. The number of primary amides is 1. The Balaban J connectivity index is 2.80. The number of amides is 2. The van der Waals surface area contributed by atoms with Crippen LogP contribution in [0.15, 0.2) is 24.3 Å². The van der Waals surface area contributed by atoms with Crippen molar-refractivity contribution in [1.82, 2.24) is 4.90 Å². The Morgan fingerprint density at radius 1 is 1.40 bits per heavy atom. The molecular formula is C12H16N4O4. The number of hydrogen-bond acceptors (Lipinski definition) is 5. The number of rotatable bonds is 6. The van der Waals surface area contributed by atoms with Crippen LogP contribution in [0.3, 0.4) is 0 Å². The molecule has 1 rings (SSSR count). The third-order valence-corrected chi connectivity index (χ3v) is 2.71. The van der Waals surface area contributed by atoms with Crippen LogP contribution in [0.2, 0.25) is 0 Å². The summed E-state index contributed by atoms with van der Waals surface area (Å²) in [6.07, 6.45) is -0.264. The quantitative estimate of drug-likeness (QED) is 0.548. The van der Waals surface area contributed by atoms with Gasteiger partial charge in [-0.2, -0.15) is 0 Å². The first-order valence-corrected chi connectivity index (χ1v) is 5.84. The van der Waals surface area contributed by atoms with Gasteiger partial charge in [-0.3, -0.25) is 19.7 Å². The maximum Gasteiger partial charge on any atom is 0.274 e. The number of nitro groups is 1. The minimum atomic E-state index is -1.04. The molecule has 0 saturated heterocycles. The standard InChI is InChI=1S/C12H16N4O4/c1-15(12(18)9(13)6-11(14)17)7-8-4-2-3-5-10(8)16(19)20/h2-5,9H,6-7,13H2,1H3,(H2,14,17). The van der Waals surface area contributed by atoms with Crippen molar-refractivity contribution in [2.24, 2.45) is 11.5 Å². The van der Waals surface area contributed by atoms with Gasteiger partial charge in [0.25, 0.3) is 5.69 Å². The lowest BCUT2D eigenvalue weighted by molar-refractivity contribution is -0.385. The van der Waals surface area contributed by atoms with E-state index < -0.39 is 22.8 Å². The van der Waals surface area contributed by atoms with Gasteiger partial charge in [-0.25, -0.2) is 0 Å². The normalized spacial score (nSPS) is 11.7. The highest BCUT2D eigenvalue weighted by Gasteiger charge is 2.22. The van der Waals surface area contributed by atoms with Crippen LogP contribution in [-0.4, -0.2) is 34.7 Å². The molecule has 20 heavy (non-hydrogen) atoms. The fourth-order valence-electron chi connectivity index (χ4n) is 1.74. The molecule has 0 aromatic heterocycles. The molecular weight excluding hydrogens is 264 g/mol. The largest absolute Gasteiger partial charge is 0.370 e. The highest BCUT2D eigenvalue weighted by atomic mass is 16.6. The first kappa shape index (κ1) is 15.6. The highest BCUT2D eigenvalue weighted by molar-refractivity contribution is 5.87. The van der Waals surface area contributed by atoms with Crippen LogP contribution in [0.5, 0.6) is 0 Å². The van der Waals surface area contributed by atoms with Gasteiger partial charge in [0.15, 0.2) is 0 Å². The summed E-state index contributed by atoms with van der Waals surface area (Å²) in [4.78, 5) is 34.2.